The van der Waals surface area contributed by atoms with E-state index in [0.717, 1.165) is 5.56 Å². The van der Waals surface area contributed by atoms with Crippen molar-refractivity contribution in [1.82, 2.24) is 9.97 Å². The molecule has 1 rings (SSSR count). The van der Waals surface area contributed by atoms with Crippen LogP contribution in [0.4, 0.5) is 11.8 Å². The Bertz CT molecular complexity index is 353. The van der Waals surface area contributed by atoms with Crippen LogP contribution in [0, 0.1) is 6.92 Å². The minimum Gasteiger partial charge on any atom is -0.394 e. The zero-order chi connectivity index (χ0) is 12.2. The van der Waals surface area contributed by atoms with Gasteiger partial charge in [0.2, 0.25) is 5.95 Å². The number of hydrogen-bond donors (Lipinski definition) is 4. The highest BCUT2D eigenvalue weighted by molar-refractivity contribution is 5.48. The fourth-order valence-electron chi connectivity index (χ4n) is 1.10. The van der Waals surface area contributed by atoms with E-state index in [1.807, 2.05) is 6.92 Å². The normalized spacial score (nSPS) is 11.3. The topological polar surface area (TPSA) is 90.3 Å². The number of aromatic nitrogens is 2. The standard InChI is InChI=1S/C10H18N4O2/c1-7-4-12-9(11-3)13-8(7)14-10(2,5-15)6-16/h4,15-16H,5-6H2,1-3H3,(H2,11,12,13,14). The van der Waals surface area contributed by atoms with Crippen LogP contribution < -0.4 is 10.6 Å². The van der Waals surface area contributed by atoms with Gasteiger partial charge in [0.1, 0.15) is 5.82 Å². The zero-order valence-corrected chi connectivity index (χ0v) is 9.78. The Hall–Kier alpha value is -1.40. The number of rotatable bonds is 5. The zero-order valence-electron chi connectivity index (χ0n) is 9.78. The molecule has 0 spiro atoms. The molecule has 0 unspecified atom stereocenters. The van der Waals surface area contributed by atoms with E-state index in [9.17, 15) is 10.2 Å². The van der Waals surface area contributed by atoms with Crippen molar-refractivity contribution >= 4 is 11.8 Å². The van der Waals surface area contributed by atoms with E-state index < -0.39 is 5.54 Å². The van der Waals surface area contributed by atoms with Crippen LogP contribution in [0.25, 0.3) is 0 Å². The van der Waals surface area contributed by atoms with Gasteiger partial charge in [0, 0.05) is 18.8 Å². The lowest BCUT2D eigenvalue weighted by molar-refractivity contribution is 0.147. The summed E-state index contributed by atoms with van der Waals surface area (Å²) in [6, 6.07) is 0. The van der Waals surface area contributed by atoms with Crippen molar-refractivity contribution in [2.75, 3.05) is 30.9 Å². The Balaban J connectivity index is 2.95. The Morgan fingerprint density at radius 3 is 2.50 bits per heavy atom. The van der Waals surface area contributed by atoms with E-state index in [1.165, 1.54) is 0 Å². The van der Waals surface area contributed by atoms with Crippen molar-refractivity contribution in [2.45, 2.75) is 19.4 Å². The van der Waals surface area contributed by atoms with Gasteiger partial charge in [-0.3, -0.25) is 0 Å². The molecule has 6 nitrogen and oxygen atoms in total. The lowest BCUT2D eigenvalue weighted by Crippen LogP contribution is -2.43. The molecular formula is C10H18N4O2. The summed E-state index contributed by atoms with van der Waals surface area (Å²) >= 11 is 0. The molecule has 0 saturated heterocycles. The SMILES string of the molecule is CNc1ncc(C)c(NC(C)(CO)CO)n1. The third kappa shape index (κ3) is 2.80. The summed E-state index contributed by atoms with van der Waals surface area (Å²) in [5, 5.41) is 24.2. The second kappa shape index (κ2) is 5.09. The van der Waals surface area contributed by atoms with E-state index in [0.29, 0.717) is 11.8 Å². The molecule has 16 heavy (non-hydrogen) atoms. The van der Waals surface area contributed by atoms with Crippen LogP contribution in [0.5, 0.6) is 0 Å². The second-order valence-corrected chi connectivity index (χ2v) is 3.98. The fourth-order valence-corrected chi connectivity index (χ4v) is 1.10. The minimum atomic E-state index is -0.788. The van der Waals surface area contributed by atoms with Gasteiger partial charge in [0.15, 0.2) is 0 Å². The van der Waals surface area contributed by atoms with Gasteiger partial charge in [-0.15, -0.1) is 0 Å². The van der Waals surface area contributed by atoms with E-state index in [1.54, 1.807) is 20.2 Å². The monoisotopic (exact) mass is 226 g/mol. The number of nitrogens with zero attached hydrogens (tertiary/aromatic N) is 2. The largest absolute Gasteiger partial charge is 0.394 e. The van der Waals surface area contributed by atoms with Gasteiger partial charge in [0.25, 0.3) is 0 Å². The Morgan fingerprint density at radius 1 is 1.38 bits per heavy atom. The Kier molecular flexibility index (Phi) is 4.03. The average molecular weight is 226 g/mol. The maximum atomic E-state index is 9.18. The molecule has 0 aliphatic heterocycles. The molecule has 0 aliphatic carbocycles. The third-order valence-electron chi connectivity index (χ3n) is 2.31. The second-order valence-electron chi connectivity index (χ2n) is 3.98. The number of aryl methyl sites for hydroxylation is 1. The van der Waals surface area contributed by atoms with Gasteiger partial charge in [-0.25, -0.2) is 4.98 Å². The summed E-state index contributed by atoms with van der Waals surface area (Å²) < 4.78 is 0. The number of nitrogens with one attached hydrogen (secondary N) is 2. The van der Waals surface area contributed by atoms with Crippen molar-refractivity contribution in [3.63, 3.8) is 0 Å². The third-order valence-corrected chi connectivity index (χ3v) is 2.31. The van der Waals surface area contributed by atoms with Crippen LogP contribution >= 0.6 is 0 Å². The van der Waals surface area contributed by atoms with E-state index in [-0.39, 0.29) is 13.2 Å². The highest BCUT2D eigenvalue weighted by Crippen LogP contribution is 2.17. The summed E-state index contributed by atoms with van der Waals surface area (Å²) in [5.74, 6) is 1.09. The van der Waals surface area contributed by atoms with Crippen molar-refractivity contribution in [3.8, 4) is 0 Å². The van der Waals surface area contributed by atoms with Gasteiger partial charge in [0.05, 0.1) is 18.8 Å². The first-order chi connectivity index (χ1) is 7.54. The van der Waals surface area contributed by atoms with E-state index in [4.69, 9.17) is 0 Å². The average Bonchev–Trinajstić information content (AvgIpc) is 2.32. The van der Waals surface area contributed by atoms with E-state index in [2.05, 4.69) is 20.6 Å². The van der Waals surface area contributed by atoms with Gasteiger partial charge >= 0.3 is 0 Å². The predicted molar refractivity (Wildman–Crippen MR) is 62.5 cm³/mol. The summed E-state index contributed by atoms with van der Waals surface area (Å²) in [5.41, 5.74) is 0.0662. The van der Waals surface area contributed by atoms with Crippen molar-refractivity contribution in [2.24, 2.45) is 0 Å². The first-order valence-corrected chi connectivity index (χ1v) is 5.06. The molecule has 1 heterocycles. The maximum Gasteiger partial charge on any atom is 0.224 e. The lowest BCUT2D eigenvalue weighted by atomic mass is 10.1. The molecular weight excluding hydrogens is 208 g/mol. The van der Waals surface area contributed by atoms with Crippen LogP contribution in [-0.2, 0) is 0 Å². The molecule has 4 N–H and O–H groups in total. The molecule has 6 heteroatoms. The summed E-state index contributed by atoms with van der Waals surface area (Å²) in [4.78, 5) is 8.27. The first kappa shape index (κ1) is 12.7. The Morgan fingerprint density at radius 2 is 2.00 bits per heavy atom. The highest BCUT2D eigenvalue weighted by atomic mass is 16.3. The molecule has 0 atom stereocenters. The van der Waals surface area contributed by atoms with Crippen molar-refractivity contribution in [1.29, 1.82) is 0 Å². The summed E-state index contributed by atoms with van der Waals surface area (Å²) in [6.45, 7) is 3.22. The van der Waals surface area contributed by atoms with Crippen LogP contribution in [-0.4, -0.2) is 46.0 Å². The molecule has 0 fully saturated rings. The number of aliphatic hydroxyl groups is 2. The molecule has 0 saturated carbocycles. The van der Waals surface area contributed by atoms with Gasteiger partial charge in [-0.05, 0) is 13.8 Å². The Labute approximate surface area is 94.7 Å². The van der Waals surface area contributed by atoms with Crippen molar-refractivity contribution in [3.05, 3.63) is 11.8 Å². The molecule has 1 aromatic heterocycles. The number of anilines is 2. The van der Waals surface area contributed by atoms with Gasteiger partial charge in [-0.2, -0.15) is 4.98 Å². The quantitative estimate of drug-likeness (QED) is 0.564. The molecule has 0 bridgehead atoms. The molecule has 90 valence electrons. The highest BCUT2D eigenvalue weighted by Gasteiger charge is 2.23. The molecule has 1 aromatic rings. The summed E-state index contributed by atoms with van der Waals surface area (Å²) in [6.07, 6.45) is 1.68. The van der Waals surface area contributed by atoms with Crippen LogP contribution in [0.15, 0.2) is 6.20 Å². The summed E-state index contributed by atoms with van der Waals surface area (Å²) in [7, 11) is 1.73. The predicted octanol–water partition coefficient (Wildman–Crippen LogP) is -0.0181. The lowest BCUT2D eigenvalue weighted by Gasteiger charge is -2.27. The van der Waals surface area contributed by atoms with E-state index >= 15 is 0 Å². The number of hydrogen-bond acceptors (Lipinski definition) is 6. The van der Waals surface area contributed by atoms with Gasteiger partial charge in [-0.1, -0.05) is 0 Å². The molecule has 0 aliphatic rings. The van der Waals surface area contributed by atoms with Crippen LogP contribution in [0.1, 0.15) is 12.5 Å². The van der Waals surface area contributed by atoms with Gasteiger partial charge < -0.3 is 20.8 Å². The first-order valence-electron chi connectivity index (χ1n) is 5.06. The molecule has 0 radical (unpaired) electrons. The van der Waals surface area contributed by atoms with Crippen molar-refractivity contribution < 1.29 is 10.2 Å². The smallest absolute Gasteiger partial charge is 0.224 e. The van der Waals surface area contributed by atoms with Crippen LogP contribution in [0.3, 0.4) is 0 Å². The fraction of sp³-hybridized carbons (Fsp3) is 0.600. The molecule has 0 aromatic carbocycles. The maximum absolute atomic E-state index is 9.18. The number of aliphatic hydroxyl groups excluding tert-OH is 2. The molecule has 0 amide bonds. The minimum absolute atomic E-state index is 0.179. The van der Waals surface area contributed by atoms with Crippen LogP contribution in [0.2, 0.25) is 0 Å².